The Morgan fingerprint density at radius 1 is 1.23 bits per heavy atom. The Labute approximate surface area is 161 Å². The second kappa shape index (κ2) is 8.95. The normalized spacial score (nSPS) is 11.0. The van der Waals surface area contributed by atoms with Crippen molar-refractivity contribution in [1.29, 1.82) is 0 Å². The van der Waals surface area contributed by atoms with Gasteiger partial charge in [-0.15, -0.1) is 16.8 Å². The van der Waals surface area contributed by atoms with Crippen LogP contribution in [0.5, 0.6) is 0 Å². The van der Waals surface area contributed by atoms with E-state index >= 15 is 0 Å². The Morgan fingerprint density at radius 2 is 1.92 bits per heavy atom. The number of carbonyl (C=O) groups excluding carboxylic acids is 2. The lowest BCUT2D eigenvalue weighted by Gasteiger charge is -2.17. The highest BCUT2D eigenvalue weighted by Crippen LogP contribution is 2.26. The molecule has 1 amide bonds. The minimum absolute atomic E-state index is 0.000464. The van der Waals surface area contributed by atoms with E-state index in [1.807, 2.05) is 20.8 Å². The molecular weight excluding hydrogens is 368 g/mol. The Bertz CT molecular complexity index is 779. The molecule has 8 heteroatoms. The van der Waals surface area contributed by atoms with Gasteiger partial charge in [0.05, 0.1) is 5.75 Å². The van der Waals surface area contributed by atoms with Gasteiger partial charge in [0.25, 0.3) is 0 Å². The van der Waals surface area contributed by atoms with Crippen LogP contribution in [-0.2, 0) is 4.79 Å². The number of anilines is 2. The number of aromatic nitrogens is 2. The van der Waals surface area contributed by atoms with Crippen molar-refractivity contribution in [3.8, 4) is 0 Å². The van der Waals surface area contributed by atoms with Crippen LogP contribution in [0.4, 0.5) is 10.8 Å². The number of nitrogens with one attached hydrogen (secondary N) is 2. The van der Waals surface area contributed by atoms with Crippen molar-refractivity contribution < 1.29 is 9.59 Å². The van der Waals surface area contributed by atoms with Crippen LogP contribution in [0.1, 0.15) is 31.1 Å². The molecule has 1 aromatic heterocycles. The van der Waals surface area contributed by atoms with Gasteiger partial charge in [0, 0.05) is 23.2 Å². The van der Waals surface area contributed by atoms with Crippen LogP contribution in [-0.4, -0.2) is 34.2 Å². The molecule has 6 nitrogen and oxygen atoms in total. The summed E-state index contributed by atoms with van der Waals surface area (Å²) in [5.74, 6) is 0.216. The van der Waals surface area contributed by atoms with E-state index in [0.29, 0.717) is 22.9 Å². The summed E-state index contributed by atoms with van der Waals surface area (Å²) in [7, 11) is 0. The summed E-state index contributed by atoms with van der Waals surface area (Å²) in [5.41, 5.74) is 0.809. The Hall–Kier alpha value is -2.19. The van der Waals surface area contributed by atoms with E-state index in [1.54, 1.807) is 30.3 Å². The number of thioether (sulfide) groups is 1. The molecule has 0 bridgehead atoms. The fourth-order valence-electron chi connectivity index (χ4n) is 1.77. The number of Topliss-reactive ketones (excluding diaryl/α,β-unsaturated/α-hetero) is 1. The van der Waals surface area contributed by atoms with Crippen LogP contribution in [0.15, 0.2) is 41.3 Å². The molecule has 0 saturated carbocycles. The summed E-state index contributed by atoms with van der Waals surface area (Å²) >= 11 is 2.76. The zero-order valence-electron chi connectivity index (χ0n) is 15.0. The van der Waals surface area contributed by atoms with Gasteiger partial charge in [0.15, 0.2) is 10.1 Å². The van der Waals surface area contributed by atoms with Crippen LogP contribution in [0, 0.1) is 5.41 Å². The van der Waals surface area contributed by atoms with E-state index < -0.39 is 5.41 Å². The lowest BCUT2D eigenvalue weighted by Crippen LogP contribution is -2.27. The highest BCUT2D eigenvalue weighted by atomic mass is 32.2. The maximum Gasteiger partial charge on any atom is 0.229 e. The van der Waals surface area contributed by atoms with Crippen LogP contribution >= 0.6 is 23.1 Å². The molecule has 26 heavy (non-hydrogen) atoms. The van der Waals surface area contributed by atoms with Gasteiger partial charge in [0.1, 0.15) is 0 Å². The van der Waals surface area contributed by atoms with E-state index in [1.165, 1.54) is 23.1 Å². The number of hydrogen-bond donors (Lipinski definition) is 2. The average Bonchev–Trinajstić information content (AvgIpc) is 3.05. The predicted molar refractivity (Wildman–Crippen MR) is 108 cm³/mol. The minimum Gasteiger partial charge on any atom is -0.357 e. The smallest absolute Gasteiger partial charge is 0.229 e. The molecule has 1 heterocycles. The quantitative estimate of drug-likeness (QED) is 0.401. The second-order valence-corrected chi connectivity index (χ2v) is 8.74. The Balaban J connectivity index is 1.88. The minimum atomic E-state index is -0.466. The van der Waals surface area contributed by atoms with Gasteiger partial charge in [-0.05, 0) is 24.3 Å². The SMILES string of the molecule is C=CCNc1nnc(SCC(=O)c2ccc(NC(=O)C(C)(C)C)cc2)s1. The first-order valence-corrected chi connectivity index (χ1v) is 9.85. The fourth-order valence-corrected chi connectivity index (χ4v) is 3.42. The molecule has 2 N–H and O–H groups in total. The number of amides is 1. The number of ketones is 1. The molecule has 2 aromatic rings. The molecule has 0 fully saturated rings. The zero-order valence-corrected chi connectivity index (χ0v) is 16.7. The Kier molecular flexibility index (Phi) is 6.93. The monoisotopic (exact) mass is 390 g/mol. The predicted octanol–water partition coefficient (Wildman–Crippen LogP) is 4.10. The molecule has 0 spiro atoms. The molecule has 0 aliphatic heterocycles. The number of nitrogens with zero attached hydrogens (tertiary/aromatic N) is 2. The van der Waals surface area contributed by atoms with E-state index in [0.717, 1.165) is 4.34 Å². The van der Waals surface area contributed by atoms with Crippen molar-refractivity contribution >= 4 is 45.6 Å². The van der Waals surface area contributed by atoms with E-state index in [2.05, 4.69) is 27.4 Å². The van der Waals surface area contributed by atoms with Crippen LogP contribution in [0.25, 0.3) is 0 Å². The second-order valence-electron chi connectivity index (χ2n) is 6.54. The summed E-state index contributed by atoms with van der Waals surface area (Å²) < 4.78 is 0.735. The van der Waals surface area contributed by atoms with Crippen molar-refractivity contribution in [1.82, 2.24) is 10.2 Å². The first-order chi connectivity index (χ1) is 12.3. The maximum absolute atomic E-state index is 12.3. The maximum atomic E-state index is 12.3. The van der Waals surface area contributed by atoms with Crippen LogP contribution in [0.3, 0.4) is 0 Å². The third-order valence-corrected chi connectivity index (χ3v) is 5.29. The molecule has 0 atom stereocenters. The summed E-state index contributed by atoms with van der Waals surface area (Å²) in [6.07, 6.45) is 1.74. The summed E-state index contributed by atoms with van der Waals surface area (Å²) in [6.45, 7) is 9.80. The highest BCUT2D eigenvalue weighted by molar-refractivity contribution is 8.01. The van der Waals surface area contributed by atoms with Crippen molar-refractivity contribution in [3.05, 3.63) is 42.5 Å². The molecule has 2 rings (SSSR count). The third-order valence-electron chi connectivity index (χ3n) is 3.28. The van der Waals surface area contributed by atoms with E-state index in [-0.39, 0.29) is 17.4 Å². The Morgan fingerprint density at radius 3 is 2.54 bits per heavy atom. The van der Waals surface area contributed by atoms with Gasteiger partial charge in [0.2, 0.25) is 11.0 Å². The first-order valence-electron chi connectivity index (χ1n) is 8.05. The fraction of sp³-hybridized carbons (Fsp3) is 0.333. The highest BCUT2D eigenvalue weighted by Gasteiger charge is 2.21. The summed E-state index contributed by atoms with van der Waals surface area (Å²) in [6, 6.07) is 6.92. The lowest BCUT2D eigenvalue weighted by atomic mass is 9.95. The number of benzene rings is 1. The average molecular weight is 391 g/mol. The first kappa shape index (κ1) is 20.1. The van der Waals surface area contributed by atoms with Crippen molar-refractivity contribution in [3.63, 3.8) is 0 Å². The van der Waals surface area contributed by atoms with E-state index in [4.69, 9.17) is 0 Å². The standard InChI is InChI=1S/C18H22N4O2S2/c1-5-10-19-16-21-22-17(26-16)25-11-14(23)12-6-8-13(9-7-12)20-15(24)18(2,3)4/h5-9H,1,10-11H2,2-4H3,(H,19,21)(H,20,24). The summed E-state index contributed by atoms with van der Waals surface area (Å²) in [4.78, 5) is 24.3. The van der Waals surface area contributed by atoms with Crippen molar-refractivity contribution in [2.75, 3.05) is 22.9 Å². The van der Waals surface area contributed by atoms with Gasteiger partial charge < -0.3 is 10.6 Å². The van der Waals surface area contributed by atoms with E-state index in [9.17, 15) is 9.59 Å². The number of carbonyl (C=O) groups is 2. The van der Waals surface area contributed by atoms with Crippen LogP contribution < -0.4 is 10.6 Å². The van der Waals surface area contributed by atoms with Crippen molar-refractivity contribution in [2.24, 2.45) is 5.41 Å². The van der Waals surface area contributed by atoms with Crippen molar-refractivity contribution in [2.45, 2.75) is 25.1 Å². The molecule has 0 unspecified atom stereocenters. The van der Waals surface area contributed by atoms with Gasteiger partial charge in [-0.25, -0.2) is 0 Å². The molecule has 0 radical (unpaired) electrons. The largest absolute Gasteiger partial charge is 0.357 e. The van der Waals surface area contributed by atoms with Gasteiger partial charge in [-0.2, -0.15) is 0 Å². The topological polar surface area (TPSA) is 84.0 Å². The summed E-state index contributed by atoms with van der Waals surface area (Å²) in [5, 5.41) is 14.6. The molecule has 0 saturated heterocycles. The van der Waals surface area contributed by atoms with Gasteiger partial charge in [-0.3, -0.25) is 9.59 Å². The zero-order chi connectivity index (χ0) is 19.2. The molecule has 0 aliphatic rings. The van der Waals surface area contributed by atoms with Crippen LogP contribution in [0.2, 0.25) is 0 Å². The molecule has 138 valence electrons. The number of hydrogen-bond acceptors (Lipinski definition) is 7. The molecular formula is C18H22N4O2S2. The lowest BCUT2D eigenvalue weighted by molar-refractivity contribution is -0.123. The van der Waals surface area contributed by atoms with Gasteiger partial charge in [-0.1, -0.05) is 49.9 Å². The van der Waals surface area contributed by atoms with Gasteiger partial charge >= 0.3 is 0 Å². The number of rotatable bonds is 8. The molecule has 1 aromatic carbocycles. The molecule has 0 aliphatic carbocycles. The third kappa shape index (κ3) is 5.96.